The van der Waals surface area contributed by atoms with Gasteiger partial charge in [-0.3, -0.25) is 4.79 Å². The van der Waals surface area contributed by atoms with Crippen LogP contribution in [-0.2, 0) is 11.2 Å². The second-order valence-corrected chi connectivity index (χ2v) is 8.20. The fourth-order valence-corrected chi connectivity index (χ4v) is 4.78. The average Bonchev–Trinajstić information content (AvgIpc) is 3.38. The van der Waals surface area contributed by atoms with Crippen LogP contribution in [-0.4, -0.2) is 55.9 Å². The molecule has 1 spiro atoms. The predicted octanol–water partition coefficient (Wildman–Crippen LogP) is 2.56. The Morgan fingerprint density at radius 1 is 1.36 bits per heavy atom. The highest BCUT2D eigenvalue weighted by molar-refractivity contribution is 5.91. The average molecular weight is 387 g/mol. The van der Waals surface area contributed by atoms with Crippen molar-refractivity contribution in [1.82, 2.24) is 15.4 Å². The first-order chi connectivity index (χ1) is 13.5. The van der Waals surface area contributed by atoms with Crippen molar-refractivity contribution in [2.24, 2.45) is 11.3 Å². The Bertz CT molecular complexity index is 815. The van der Waals surface area contributed by atoms with Crippen LogP contribution >= 0.6 is 0 Å². The van der Waals surface area contributed by atoms with Gasteiger partial charge in [-0.1, -0.05) is 5.16 Å². The van der Waals surface area contributed by atoms with Crippen LogP contribution in [0.5, 0.6) is 0 Å². The summed E-state index contributed by atoms with van der Waals surface area (Å²) in [5, 5.41) is 7.41. The van der Waals surface area contributed by atoms with Gasteiger partial charge in [-0.2, -0.15) is 0 Å². The van der Waals surface area contributed by atoms with Crippen molar-refractivity contribution in [1.29, 1.82) is 0 Å². The number of methoxy groups -OCH3 is 1. The number of aromatic nitrogens is 1. The molecular weight excluding hydrogens is 358 g/mol. The summed E-state index contributed by atoms with van der Waals surface area (Å²) in [6.45, 7) is 8.02. The highest BCUT2D eigenvalue weighted by Gasteiger charge is 2.48. The Morgan fingerprint density at radius 2 is 2.14 bits per heavy atom. The van der Waals surface area contributed by atoms with E-state index < -0.39 is 0 Å². The zero-order valence-corrected chi connectivity index (χ0v) is 16.9. The van der Waals surface area contributed by atoms with Crippen molar-refractivity contribution in [2.45, 2.75) is 33.1 Å². The summed E-state index contributed by atoms with van der Waals surface area (Å²) in [6.07, 6.45) is 2.75. The third-order valence-electron chi connectivity index (χ3n) is 6.47. The van der Waals surface area contributed by atoms with Gasteiger partial charge in [-0.05, 0) is 57.3 Å². The monoisotopic (exact) mass is 387 g/mol. The van der Waals surface area contributed by atoms with Gasteiger partial charge in [0.1, 0.15) is 11.5 Å². The zero-order chi connectivity index (χ0) is 19.7. The SMILES string of the molecule is COCC1CN(C(=O)c2ccc(Cc3c(C)noc3C)o2)CC12CCNCC2. The molecule has 7 heteroatoms. The summed E-state index contributed by atoms with van der Waals surface area (Å²) in [6, 6.07) is 3.66. The maximum atomic E-state index is 13.1. The molecule has 2 aromatic rings. The van der Waals surface area contributed by atoms with Crippen LogP contribution in [0.2, 0.25) is 0 Å². The Balaban J connectivity index is 1.48. The first-order valence-corrected chi connectivity index (χ1v) is 10.0. The molecule has 0 aliphatic carbocycles. The number of hydrogen-bond acceptors (Lipinski definition) is 6. The van der Waals surface area contributed by atoms with Gasteiger partial charge >= 0.3 is 0 Å². The maximum absolute atomic E-state index is 13.1. The van der Waals surface area contributed by atoms with E-state index in [0.717, 1.165) is 61.8 Å². The van der Waals surface area contributed by atoms with Gasteiger partial charge in [-0.15, -0.1) is 0 Å². The molecule has 1 N–H and O–H groups in total. The molecule has 1 amide bonds. The molecule has 7 nitrogen and oxygen atoms in total. The largest absolute Gasteiger partial charge is 0.456 e. The molecule has 2 fully saturated rings. The second kappa shape index (κ2) is 7.72. The molecule has 0 bridgehead atoms. The molecule has 4 heterocycles. The number of carbonyl (C=O) groups excluding carboxylic acids is 1. The van der Waals surface area contributed by atoms with Crippen molar-refractivity contribution in [3.05, 3.63) is 40.7 Å². The number of likely N-dealkylation sites (tertiary alicyclic amines) is 1. The van der Waals surface area contributed by atoms with E-state index in [-0.39, 0.29) is 11.3 Å². The van der Waals surface area contributed by atoms with Gasteiger partial charge in [0, 0.05) is 38.1 Å². The van der Waals surface area contributed by atoms with Crippen LogP contribution in [0.25, 0.3) is 0 Å². The lowest BCUT2D eigenvalue weighted by Crippen LogP contribution is -2.43. The lowest BCUT2D eigenvalue weighted by Gasteiger charge is -2.38. The van der Waals surface area contributed by atoms with E-state index in [2.05, 4.69) is 10.5 Å². The van der Waals surface area contributed by atoms with Crippen molar-refractivity contribution >= 4 is 5.91 Å². The van der Waals surface area contributed by atoms with Crippen molar-refractivity contribution in [2.75, 3.05) is 39.9 Å². The van der Waals surface area contributed by atoms with Crippen molar-refractivity contribution in [3.63, 3.8) is 0 Å². The molecule has 0 saturated carbocycles. The highest BCUT2D eigenvalue weighted by Crippen LogP contribution is 2.43. The summed E-state index contributed by atoms with van der Waals surface area (Å²) in [4.78, 5) is 15.1. The minimum Gasteiger partial charge on any atom is -0.456 e. The maximum Gasteiger partial charge on any atom is 0.289 e. The van der Waals surface area contributed by atoms with Gasteiger partial charge in [0.25, 0.3) is 5.91 Å². The number of nitrogens with one attached hydrogen (secondary N) is 1. The number of furan rings is 1. The molecule has 1 atom stereocenters. The predicted molar refractivity (Wildman–Crippen MR) is 103 cm³/mol. The molecular formula is C21H29N3O4. The van der Waals surface area contributed by atoms with E-state index in [9.17, 15) is 4.79 Å². The Kier molecular flexibility index (Phi) is 5.29. The summed E-state index contributed by atoms with van der Waals surface area (Å²) >= 11 is 0. The topological polar surface area (TPSA) is 80.7 Å². The molecule has 0 aromatic carbocycles. The van der Waals surface area contributed by atoms with E-state index in [1.165, 1.54) is 0 Å². The smallest absolute Gasteiger partial charge is 0.289 e. The summed E-state index contributed by atoms with van der Waals surface area (Å²) in [7, 11) is 1.74. The van der Waals surface area contributed by atoms with E-state index in [0.29, 0.717) is 24.7 Å². The molecule has 1 unspecified atom stereocenters. The van der Waals surface area contributed by atoms with Crippen LogP contribution < -0.4 is 5.32 Å². The van der Waals surface area contributed by atoms with E-state index in [1.807, 2.05) is 24.8 Å². The Hall–Kier alpha value is -2.12. The Morgan fingerprint density at radius 3 is 2.82 bits per heavy atom. The van der Waals surface area contributed by atoms with Crippen molar-refractivity contribution < 1.29 is 18.5 Å². The molecule has 0 radical (unpaired) electrons. The number of amides is 1. The normalized spacial score (nSPS) is 21.5. The molecule has 2 aliphatic heterocycles. The lowest BCUT2D eigenvalue weighted by molar-refractivity contribution is 0.0692. The number of ether oxygens (including phenoxy) is 1. The van der Waals surface area contributed by atoms with Crippen LogP contribution in [0.3, 0.4) is 0 Å². The van der Waals surface area contributed by atoms with Crippen molar-refractivity contribution in [3.8, 4) is 0 Å². The number of rotatable bonds is 5. The molecule has 152 valence electrons. The Labute approximate surface area is 165 Å². The summed E-state index contributed by atoms with van der Waals surface area (Å²) in [5.41, 5.74) is 2.03. The summed E-state index contributed by atoms with van der Waals surface area (Å²) in [5.74, 6) is 2.30. The molecule has 4 rings (SSSR count). The van der Waals surface area contributed by atoms with E-state index >= 15 is 0 Å². The number of nitrogens with zero attached hydrogens (tertiary/aromatic N) is 2. The van der Waals surface area contributed by atoms with Crippen LogP contribution in [0.4, 0.5) is 0 Å². The molecule has 2 saturated heterocycles. The standard InChI is InChI=1S/C21H29N3O4/c1-14-18(15(2)28-23-14)10-17-4-5-19(27-17)20(25)24-11-16(12-26-3)21(13-24)6-8-22-9-7-21/h4-5,16,22H,6-13H2,1-3H3. The van der Waals surface area contributed by atoms with Crippen LogP contribution in [0, 0.1) is 25.2 Å². The minimum atomic E-state index is -0.0264. The zero-order valence-electron chi connectivity index (χ0n) is 16.9. The van der Waals surface area contributed by atoms with Gasteiger partial charge in [0.15, 0.2) is 5.76 Å². The minimum absolute atomic E-state index is 0.0264. The quantitative estimate of drug-likeness (QED) is 0.849. The van der Waals surface area contributed by atoms with E-state index in [1.54, 1.807) is 13.2 Å². The third-order valence-corrected chi connectivity index (χ3v) is 6.47. The van der Waals surface area contributed by atoms with Gasteiger partial charge in [-0.25, -0.2) is 0 Å². The summed E-state index contributed by atoms with van der Waals surface area (Å²) < 4.78 is 16.6. The number of hydrogen-bond donors (Lipinski definition) is 1. The van der Waals surface area contributed by atoms with Crippen LogP contribution in [0.15, 0.2) is 21.1 Å². The highest BCUT2D eigenvalue weighted by atomic mass is 16.5. The number of aryl methyl sites for hydroxylation is 2. The molecule has 28 heavy (non-hydrogen) atoms. The van der Waals surface area contributed by atoms with Gasteiger partial charge < -0.3 is 23.9 Å². The fourth-order valence-electron chi connectivity index (χ4n) is 4.78. The first-order valence-electron chi connectivity index (χ1n) is 10.0. The van der Waals surface area contributed by atoms with E-state index in [4.69, 9.17) is 13.7 Å². The first kappa shape index (κ1) is 19.2. The second-order valence-electron chi connectivity index (χ2n) is 8.20. The lowest BCUT2D eigenvalue weighted by atomic mass is 9.71. The third kappa shape index (κ3) is 3.49. The fraction of sp³-hybridized carbons (Fsp3) is 0.619. The number of carbonyl (C=O) groups is 1. The van der Waals surface area contributed by atoms with Crippen LogP contribution in [0.1, 0.15) is 46.2 Å². The molecule has 2 aliphatic rings. The van der Waals surface area contributed by atoms with Gasteiger partial charge in [0.2, 0.25) is 0 Å². The number of piperidine rings is 1. The van der Waals surface area contributed by atoms with Gasteiger partial charge in [0.05, 0.1) is 12.3 Å². The molecule has 2 aromatic heterocycles.